The summed E-state index contributed by atoms with van der Waals surface area (Å²) in [6, 6.07) is 4.51. The lowest BCUT2D eigenvalue weighted by Gasteiger charge is -2.33. The molecule has 0 aromatic carbocycles. The van der Waals surface area contributed by atoms with Gasteiger partial charge in [0.15, 0.2) is 5.82 Å². The fourth-order valence-electron chi connectivity index (χ4n) is 2.71. The normalized spacial score (nSPS) is 18.2. The van der Waals surface area contributed by atoms with E-state index in [1.54, 1.807) is 11.3 Å². The van der Waals surface area contributed by atoms with Crippen molar-refractivity contribution in [2.24, 2.45) is 0 Å². The van der Waals surface area contributed by atoms with Crippen LogP contribution in [-0.2, 0) is 6.54 Å². The van der Waals surface area contributed by atoms with Gasteiger partial charge in [0.05, 0.1) is 12.6 Å². The third-order valence-corrected chi connectivity index (χ3v) is 4.58. The molecule has 0 saturated carbocycles. The van der Waals surface area contributed by atoms with E-state index in [0.717, 1.165) is 45.0 Å². The first-order valence-corrected chi connectivity index (χ1v) is 7.99. The number of nitrogens with one attached hydrogen (secondary N) is 1. The Labute approximate surface area is 122 Å². The summed E-state index contributed by atoms with van der Waals surface area (Å²) in [7, 11) is 0. The Hall–Kier alpha value is -1.31. The van der Waals surface area contributed by atoms with Crippen molar-refractivity contribution in [3.05, 3.63) is 28.2 Å². The molecule has 1 aliphatic rings. The number of nitrogens with zero attached hydrogens (tertiary/aromatic N) is 5. The zero-order chi connectivity index (χ0) is 13.8. The van der Waals surface area contributed by atoms with Gasteiger partial charge in [0.2, 0.25) is 0 Å². The van der Waals surface area contributed by atoms with Gasteiger partial charge >= 0.3 is 0 Å². The van der Waals surface area contributed by atoms with E-state index in [2.05, 4.69) is 50.2 Å². The molecule has 7 heteroatoms. The van der Waals surface area contributed by atoms with E-state index >= 15 is 0 Å². The molecule has 1 atom stereocenters. The van der Waals surface area contributed by atoms with Gasteiger partial charge in [-0.25, -0.2) is 4.68 Å². The Balaban J connectivity index is 1.79. The Morgan fingerprint density at radius 3 is 2.95 bits per heavy atom. The van der Waals surface area contributed by atoms with Crippen LogP contribution in [-0.4, -0.2) is 51.3 Å². The molecule has 0 amide bonds. The highest BCUT2D eigenvalue weighted by molar-refractivity contribution is 7.09. The summed E-state index contributed by atoms with van der Waals surface area (Å²) in [6.07, 6.45) is 1.03. The average molecular weight is 292 g/mol. The molecule has 108 valence electrons. The van der Waals surface area contributed by atoms with E-state index in [4.69, 9.17) is 0 Å². The highest BCUT2D eigenvalue weighted by Gasteiger charge is 2.25. The van der Waals surface area contributed by atoms with Crippen LogP contribution in [0.25, 0.3) is 0 Å². The predicted octanol–water partition coefficient (Wildman–Crippen LogP) is 1.14. The number of rotatable bonds is 5. The lowest BCUT2D eigenvalue weighted by atomic mass is 10.1. The van der Waals surface area contributed by atoms with Gasteiger partial charge in [-0.3, -0.25) is 4.90 Å². The summed E-state index contributed by atoms with van der Waals surface area (Å²) < 4.78 is 1.95. The summed E-state index contributed by atoms with van der Waals surface area (Å²) in [5, 5.41) is 17.8. The summed E-state index contributed by atoms with van der Waals surface area (Å²) >= 11 is 1.74. The number of hydrogen-bond donors (Lipinski definition) is 1. The van der Waals surface area contributed by atoms with Crippen molar-refractivity contribution in [2.75, 3.05) is 26.2 Å². The van der Waals surface area contributed by atoms with Gasteiger partial charge in [-0.2, -0.15) is 0 Å². The zero-order valence-corrected chi connectivity index (χ0v) is 12.5. The molecular weight excluding hydrogens is 272 g/mol. The molecule has 1 unspecified atom stereocenters. The van der Waals surface area contributed by atoms with Crippen LogP contribution >= 0.6 is 11.3 Å². The van der Waals surface area contributed by atoms with Crippen molar-refractivity contribution >= 4 is 11.3 Å². The fourth-order valence-corrected chi connectivity index (χ4v) is 3.40. The van der Waals surface area contributed by atoms with Gasteiger partial charge in [-0.1, -0.05) is 13.0 Å². The summed E-state index contributed by atoms with van der Waals surface area (Å²) in [5.41, 5.74) is 0. The molecule has 0 radical (unpaired) electrons. The third-order valence-electron chi connectivity index (χ3n) is 3.72. The van der Waals surface area contributed by atoms with Crippen molar-refractivity contribution < 1.29 is 0 Å². The Kier molecular flexibility index (Phi) is 4.39. The second kappa shape index (κ2) is 6.43. The summed E-state index contributed by atoms with van der Waals surface area (Å²) in [4.78, 5) is 3.77. The van der Waals surface area contributed by atoms with Crippen LogP contribution in [0.1, 0.15) is 30.1 Å². The van der Waals surface area contributed by atoms with Crippen LogP contribution in [0.5, 0.6) is 0 Å². The van der Waals surface area contributed by atoms with Gasteiger partial charge in [0, 0.05) is 31.1 Å². The Morgan fingerprint density at radius 1 is 1.40 bits per heavy atom. The number of thiophene rings is 1. The minimum atomic E-state index is 0.312. The SMILES string of the molecule is CCC(c1nnnn1Cc1cccs1)N1CCNCC1. The number of aromatic nitrogens is 4. The monoisotopic (exact) mass is 292 g/mol. The molecular formula is C13H20N6S. The molecule has 20 heavy (non-hydrogen) atoms. The molecule has 1 saturated heterocycles. The molecule has 2 aromatic rings. The number of hydrogen-bond acceptors (Lipinski definition) is 6. The first-order chi connectivity index (χ1) is 9.88. The Bertz CT molecular complexity index is 517. The highest BCUT2D eigenvalue weighted by Crippen LogP contribution is 2.23. The van der Waals surface area contributed by atoms with Crippen LogP contribution in [0.15, 0.2) is 17.5 Å². The van der Waals surface area contributed by atoms with Gasteiger partial charge in [0.1, 0.15) is 0 Å². The first kappa shape index (κ1) is 13.7. The van der Waals surface area contributed by atoms with E-state index in [9.17, 15) is 0 Å². The van der Waals surface area contributed by atoms with Gasteiger partial charge in [-0.15, -0.1) is 16.4 Å². The molecule has 1 aliphatic heterocycles. The molecule has 0 aliphatic carbocycles. The third kappa shape index (κ3) is 2.89. The van der Waals surface area contributed by atoms with Gasteiger partial charge in [-0.05, 0) is 28.3 Å². The van der Waals surface area contributed by atoms with Crippen LogP contribution in [0.3, 0.4) is 0 Å². The summed E-state index contributed by atoms with van der Waals surface area (Å²) in [5.74, 6) is 0.989. The van der Waals surface area contributed by atoms with Gasteiger partial charge in [0.25, 0.3) is 0 Å². The predicted molar refractivity (Wildman–Crippen MR) is 78.7 cm³/mol. The average Bonchev–Trinajstić information content (AvgIpc) is 3.14. The quantitative estimate of drug-likeness (QED) is 0.895. The maximum Gasteiger partial charge on any atom is 0.168 e. The molecule has 0 spiro atoms. The van der Waals surface area contributed by atoms with E-state index in [-0.39, 0.29) is 0 Å². The van der Waals surface area contributed by atoms with Crippen LogP contribution < -0.4 is 5.32 Å². The van der Waals surface area contributed by atoms with Crippen molar-refractivity contribution in [1.29, 1.82) is 0 Å². The lowest BCUT2D eigenvalue weighted by molar-refractivity contribution is 0.159. The second-order valence-corrected chi connectivity index (χ2v) is 6.02. The molecule has 3 heterocycles. The van der Waals surface area contributed by atoms with Crippen molar-refractivity contribution in [1.82, 2.24) is 30.4 Å². The lowest BCUT2D eigenvalue weighted by Crippen LogP contribution is -2.45. The minimum absolute atomic E-state index is 0.312. The van der Waals surface area contributed by atoms with Crippen molar-refractivity contribution in [3.63, 3.8) is 0 Å². The largest absolute Gasteiger partial charge is 0.314 e. The fraction of sp³-hybridized carbons (Fsp3) is 0.615. The smallest absolute Gasteiger partial charge is 0.168 e. The maximum atomic E-state index is 4.29. The van der Waals surface area contributed by atoms with E-state index < -0.39 is 0 Å². The molecule has 3 rings (SSSR count). The minimum Gasteiger partial charge on any atom is -0.314 e. The van der Waals surface area contributed by atoms with Gasteiger partial charge < -0.3 is 5.32 Å². The van der Waals surface area contributed by atoms with Crippen LogP contribution in [0, 0.1) is 0 Å². The van der Waals surface area contributed by atoms with Crippen LogP contribution in [0.2, 0.25) is 0 Å². The number of piperazine rings is 1. The maximum absolute atomic E-state index is 4.29. The van der Waals surface area contributed by atoms with Crippen molar-refractivity contribution in [3.8, 4) is 0 Å². The molecule has 0 bridgehead atoms. The number of tetrazole rings is 1. The highest BCUT2D eigenvalue weighted by atomic mass is 32.1. The van der Waals surface area contributed by atoms with E-state index in [0.29, 0.717) is 6.04 Å². The van der Waals surface area contributed by atoms with Crippen LogP contribution in [0.4, 0.5) is 0 Å². The summed E-state index contributed by atoms with van der Waals surface area (Å²) in [6.45, 7) is 7.18. The Morgan fingerprint density at radius 2 is 2.25 bits per heavy atom. The molecule has 2 aromatic heterocycles. The topological polar surface area (TPSA) is 58.9 Å². The molecule has 6 nitrogen and oxygen atoms in total. The zero-order valence-electron chi connectivity index (χ0n) is 11.7. The van der Waals surface area contributed by atoms with E-state index in [1.165, 1.54) is 4.88 Å². The first-order valence-electron chi connectivity index (χ1n) is 7.11. The second-order valence-electron chi connectivity index (χ2n) is 4.98. The van der Waals surface area contributed by atoms with Crippen molar-refractivity contribution in [2.45, 2.75) is 25.9 Å². The molecule has 1 N–H and O–H groups in total. The standard InChI is InChI=1S/C13H20N6S/c1-2-12(18-7-5-14-6-8-18)13-15-16-17-19(13)10-11-4-3-9-20-11/h3-4,9,12,14H,2,5-8,10H2,1H3. The van der Waals surface area contributed by atoms with E-state index in [1.807, 2.05) is 4.68 Å². The molecule has 1 fully saturated rings.